The van der Waals surface area contributed by atoms with Crippen LogP contribution in [-0.4, -0.2) is 50.1 Å². The predicted octanol–water partition coefficient (Wildman–Crippen LogP) is 3.21. The maximum atomic E-state index is 13.2. The summed E-state index contributed by atoms with van der Waals surface area (Å²) in [5.74, 6) is -0.924. The lowest BCUT2D eigenvalue weighted by atomic mass is 10.2. The average Bonchev–Trinajstić information content (AvgIpc) is 3.36. The van der Waals surface area contributed by atoms with Gasteiger partial charge in [-0.3, -0.25) is 4.79 Å². The Bertz CT molecular complexity index is 1100. The minimum absolute atomic E-state index is 0.0629. The summed E-state index contributed by atoms with van der Waals surface area (Å²) in [5, 5.41) is 10.8. The molecule has 0 saturated carbocycles. The number of aromatic nitrogens is 2. The average molecular weight is 454 g/mol. The third-order valence-corrected chi connectivity index (χ3v) is 5.86. The fraction of sp³-hybridized carbons (Fsp3) is 0.292. The number of aliphatic hydroxyl groups is 1. The van der Waals surface area contributed by atoms with E-state index in [2.05, 4.69) is 4.98 Å². The van der Waals surface area contributed by atoms with E-state index in [0.29, 0.717) is 17.3 Å². The molecule has 1 aromatic heterocycles. The zero-order valence-electron chi connectivity index (χ0n) is 17.6. The molecular formula is C24H24ClN3O4. The molecule has 3 aromatic rings. The van der Waals surface area contributed by atoms with Crippen LogP contribution in [0, 0.1) is 6.92 Å². The Labute approximate surface area is 191 Å². The number of carbonyl (C=O) groups excluding carboxylic acids is 2. The van der Waals surface area contributed by atoms with Crippen molar-refractivity contribution in [1.29, 1.82) is 0 Å². The van der Waals surface area contributed by atoms with Crippen molar-refractivity contribution >= 4 is 23.5 Å². The van der Waals surface area contributed by atoms with Gasteiger partial charge >= 0.3 is 5.97 Å². The second-order valence-corrected chi connectivity index (χ2v) is 8.33. The normalized spacial score (nSPS) is 18.0. The number of imidazole rings is 1. The van der Waals surface area contributed by atoms with Crippen molar-refractivity contribution < 1.29 is 19.4 Å². The Morgan fingerprint density at radius 3 is 2.56 bits per heavy atom. The number of hydrogen-bond donors (Lipinski definition) is 1. The van der Waals surface area contributed by atoms with Crippen LogP contribution in [0.3, 0.4) is 0 Å². The van der Waals surface area contributed by atoms with Crippen molar-refractivity contribution in [3.63, 3.8) is 0 Å². The fourth-order valence-electron chi connectivity index (χ4n) is 3.82. The Hall–Kier alpha value is -3.16. The van der Waals surface area contributed by atoms with E-state index in [4.69, 9.17) is 16.3 Å². The number of ether oxygens (including phenoxy) is 1. The Balaban J connectivity index is 1.46. The Morgan fingerprint density at radius 2 is 1.84 bits per heavy atom. The zero-order valence-corrected chi connectivity index (χ0v) is 18.4. The molecule has 2 atom stereocenters. The molecule has 7 nitrogen and oxygen atoms in total. The number of likely N-dealkylation sites (tertiary alicyclic amines) is 1. The minimum atomic E-state index is -0.845. The topological polar surface area (TPSA) is 84.7 Å². The molecule has 166 valence electrons. The number of nitrogens with zero attached hydrogens (tertiary/aromatic N) is 3. The molecule has 0 bridgehead atoms. The van der Waals surface area contributed by atoms with Crippen molar-refractivity contribution in [3.8, 4) is 0 Å². The lowest BCUT2D eigenvalue weighted by Gasteiger charge is -2.22. The molecule has 1 aliphatic heterocycles. The van der Waals surface area contributed by atoms with Crippen LogP contribution in [0.15, 0.2) is 60.9 Å². The van der Waals surface area contributed by atoms with E-state index >= 15 is 0 Å². The Kier molecular flexibility index (Phi) is 6.58. The lowest BCUT2D eigenvalue weighted by molar-refractivity contribution is -0.149. The Morgan fingerprint density at radius 1 is 1.12 bits per heavy atom. The molecule has 2 aromatic carbocycles. The summed E-state index contributed by atoms with van der Waals surface area (Å²) in [6, 6.07) is 15.9. The number of esters is 1. The molecule has 0 aliphatic carbocycles. The van der Waals surface area contributed by atoms with Crippen LogP contribution < -0.4 is 0 Å². The summed E-state index contributed by atoms with van der Waals surface area (Å²) in [5.41, 5.74) is 2.82. The van der Waals surface area contributed by atoms with Gasteiger partial charge in [0.15, 0.2) is 0 Å². The van der Waals surface area contributed by atoms with Crippen LogP contribution in [0.5, 0.6) is 0 Å². The van der Waals surface area contributed by atoms with E-state index in [1.54, 1.807) is 6.33 Å². The molecule has 1 saturated heterocycles. The highest BCUT2D eigenvalue weighted by Gasteiger charge is 2.41. The first kappa shape index (κ1) is 22.0. The van der Waals surface area contributed by atoms with Crippen molar-refractivity contribution in [3.05, 3.63) is 88.5 Å². The van der Waals surface area contributed by atoms with E-state index in [9.17, 15) is 14.7 Å². The second-order valence-electron chi connectivity index (χ2n) is 7.89. The molecule has 1 fully saturated rings. The van der Waals surface area contributed by atoms with Crippen LogP contribution in [0.25, 0.3) is 0 Å². The first-order chi connectivity index (χ1) is 15.4. The summed E-state index contributed by atoms with van der Waals surface area (Å²) in [4.78, 5) is 31.6. The smallest absolute Gasteiger partial charge is 0.329 e. The standard InChI is InChI=1S/C24H24ClN3O4/c1-16-22(26-15-27(16)12-17-7-9-19(25)10-8-17)23(30)28-13-20(29)11-21(28)24(31)32-14-18-5-3-2-4-6-18/h2-10,15,20-21,29H,11-14H2,1H3/t20-,21+/m1/s1. The highest BCUT2D eigenvalue weighted by Crippen LogP contribution is 2.23. The van der Waals surface area contributed by atoms with Crippen LogP contribution >= 0.6 is 11.6 Å². The maximum Gasteiger partial charge on any atom is 0.329 e. The van der Waals surface area contributed by atoms with Gasteiger partial charge in [-0.2, -0.15) is 0 Å². The lowest BCUT2D eigenvalue weighted by Crippen LogP contribution is -2.42. The van der Waals surface area contributed by atoms with Crippen molar-refractivity contribution in [2.75, 3.05) is 6.54 Å². The van der Waals surface area contributed by atoms with Gasteiger partial charge in [0.2, 0.25) is 0 Å². The van der Waals surface area contributed by atoms with Crippen LogP contribution in [-0.2, 0) is 22.7 Å². The number of aliphatic hydroxyl groups excluding tert-OH is 1. The van der Waals surface area contributed by atoms with Crippen molar-refractivity contribution in [2.45, 2.75) is 38.6 Å². The number of benzene rings is 2. The van der Waals surface area contributed by atoms with Crippen molar-refractivity contribution in [1.82, 2.24) is 14.5 Å². The molecule has 2 heterocycles. The van der Waals surface area contributed by atoms with Gasteiger partial charge < -0.3 is 19.3 Å². The van der Waals surface area contributed by atoms with Gasteiger partial charge in [-0.25, -0.2) is 9.78 Å². The van der Waals surface area contributed by atoms with Crippen LogP contribution in [0.1, 0.15) is 33.7 Å². The maximum absolute atomic E-state index is 13.2. The minimum Gasteiger partial charge on any atom is -0.459 e. The third-order valence-electron chi connectivity index (χ3n) is 5.60. The van der Waals surface area contributed by atoms with Gasteiger partial charge in [-0.05, 0) is 30.2 Å². The van der Waals surface area contributed by atoms with E-state index < -0.39 is 24.0 Å². The summed E-state index contributed by atoms with van der Waals surface area (Å²) < 4.78 is 7.29. The van der Waals surface area contributed by atoms with E-state index in [-0.39, 0.29) is 25.3 Å². The molecule has 8 heteroatoms. The molecule has 0 unspecified atom stereocenters. The number of rotatable bonds is 6. The number of halogens is 1. The summed E-state index contributed by atoms with van der Waals surface area (Å²) >= 11 is 5.94. The zero-order chi connectivity index (χ0) is 22.7. The van der Waals surface area contributed by atoms with Gasteiger partial charge in [0.05, 0.1) is 12.4 Å². The van der Waals surface area contributed by atoms with Gasteiger partial charge in [-0.1, -0.05) is 54.1 Å². The largest absolute Gasteiger partial charge is 0.459 e. The fourth-order valence-corrected chi connectivity index (χ4v) is 3.95. The molecule has 32 heavy (non-hydrogen) atoms. The molecule has 1 aliphatic rings. The van der Waals surface area contributed by atoms with E-state index in [1.807, 2.05) is 66.1 Å². The van der Waals surface area contributed by atoms with E-state index in [0.717, 1.165) is 11.1 Å². The second kappa shape index (κ2) is 9.54. The highest BCUT2D eigenvalue weighted by atomic mass is 35.5. The van der Waals surface area contributed by atoms with Gasteiger partial charge in [0, 0.05) is 30.2 Å². The number of β-amino-alcohol motifs (C(OH)–C–C–N with tert-alkyl or cyclic N) is 1. The monoisotopic (exact) mass is 453 g/mol. The molecule has 0 spiro atoms. The van der Waals surface area contributed by atoms with Crippen LogP contribution in [0.2, 0.25) is 5.02 Å². The molecular weight excluding hydrogens is 430 g/mol. The molecule has 1 amide bonds. The molecule has 0 radical (unpaired) electrons. The van der Waals surface area contributed by atoms with Crippen LogP contribution in [0.4, 0.5) is 0 Å². The predicted molar refractivity (Wildman–Crippen MR) is 119 cm³/mol. The summed E-state index contributed by atoms with van der Waals surface area (Å²) in [6.45, 7) is 2.52. The third kappa shape index (κ3) is 4.84. The number of carbonyl (C=O) groups is 2. The van der Waals surface area contributed by atoms with Crippen molar-refractivity contribution in [2.24, 2.45) is 0 Å². The van der Waals surface area contributed by atoms with E-state index in [1.165, 1.54) is 4.90 Å². The summed E-state index contributed by atoms with van der Waals surface area (Å²) in [7, 11) is 0. The molecule has 4 rings (SSSR count). The highest BCUT2D eigenvalue weighted by molar-refractivity contribution is 6.30. The summed E-state index contributed by atoms with van der Waals surface area (Å²) in [6.07, 6.45) is 0.959. The first-order valence-electron chi connectivity index (χ1n) is 10.4. The molecule has 1 N–H and O–H groups in total. The first-order valence-corrected chi connectivity index (χ1v) is 10.8. The quantitative estimate of drug-likeness (QED) is 0.579. The van der Waals surface area contributed by atoms with Gasteiger partial charge in [0.1, 0.15) is 18.3 Å². The number of amides is 1. The number of hydrogen-bond acceptors (Lipinski definition) is 5. The van der Waals surface area contributed by atoms with Gasteiger partial charge in [0.25, 0.3) is 5.91 Å². The van der Waals surface area contributed by atoms with Gasteiger partial charge in [-0.15, -0.1) is 0 Å². The SMILES string of the molecule is Cc1c(C(=O)N2C[C@H](O)C[C@H]2C(=O)OCc2ccccc2)ncn1Cc1ccc(Cl)cc1.